The van der Waals surface area contributed by atoms with Crippen LogP contribution in [0.4, 0.5) is 0 Å². The molecule has 1 aromatic carbocycles. The second-order valence-corrected chi connectivity index (χ2v) is 6.66. The van der Waals surface area contributed by atoms with Crippen LogP contribution < -0.4 is 4.72 Å². The number of hydrogen-bond donors (Lipinski definition) is 1. The van der Waals surface area contributed by atoms with Crippen LogP contribution in [0.5, 0.6) is 0 Å². The van der Waals surface area contributed by atoms with E-state index >= 15 is 0 Å². The average Bonchev–Trinajstić information content (AvgIpc) is 2.46. The topological polar surface area (TPSA) is 82.9 Å². The summed E-state index contributed by atoms with van der Waals surface area (Å²) in [7, 11) is -3.54. The van der Waals surface area contributed by atoms with E-state index in [1.165, 1.54) is 6.07 Å². The highest BCUT2D eigenvalue weighted by Gasteiger charge is 2.13. The van der Waals surface area contributed by atoms with Crippen LogP contribution in [0.25, 0.3) is 10.9 Å². The Labute approximate surface area is 128 Å². The van der Waals surface area contributed by atoms with E-state index in [0.717, 1.165) is 0 Å². The fraction of sp³-hybridized carbons (Fsp3) is 0.286. The first kappa shape index (κ1) is 15.7. The fourth-order valence-electron chi connectivity index (χ4n) is 1.86. The normalized spacial score (nSPS) is 11.4. The van der Waals surface area contributed by atoms with E-state index in [1.54, 1.807) is 24.3 Å². The molecule has 0 radical (unpaired) electrons. The molecule has 110 valence electrons. The van der Waals surface area contributed by atoms with E-state index in [0.29, 0.717) is 41.9 Å². The first-order valence-corrected chi connectivity index (χ1v) is 8.32. The van der Waals surface area contributed by atoms with Crippen LogP contribution in [0.1, 0.15) is 19.3 Å². The molecule has 0 aliphatic heterocycles. The number of sulfonamides is 1. The molecule has 0 bridgehead atoms. The Kier molecular flexibility index (Phi) is 5.12. The molecule has 0 atom stereocenters. The summed E-state index contributed by atoms with van der Waals surface area (Å²) in [5, 5.41) is 9.50. The van der Waals surface area contributed by atoms with Crippen molar-refractivity contribution >= 4 is 32.5 Å². The van der Waals surface area contributed by atoms with Gasteiger partial charge < -0.3 is 0 Å². The number of benzene rings is 1. The smallest absolute Gasteiger partial charge is 0.236 e. The molecule has 0 saturated heterocycles. The van der Waals surface area contributed by atoms with Gasteiger partial charge >= 0.3 is 0 Å². The minimum atomic E-state index is -3.54. The van der Waals surface area contributed by atoms with Crippen LogP contribution in [-0.2, 0) is 10.0 Å². The van der Waals surface area contributed by atoms with Crippen molar-refractivity contribution in [3.05, 3.63) is 35.5 Å². The molecule has 1 heterocycles. The van der Waals surface area contributed by atoms with Crippen LogP contribution in [0.2, 0.25) is 5.15 Å². The lowest BCUT2D eigenvalue weighted by Gasteiger charge is -2.07. The zero-order valence-corrected chi connectivity index (χ0v) is 12.8. The second-order valence-electron chi connectivity index (χ2n) is 4.50. The van der Waals surface area contributed by atoms with Gasteiger partial charge in [-0.1, -0.05) is 11.6 Å². The van der Waals surface area contributed by atoms with Crippen molar-refractivity contribution in [1.29, 1.82) is 5.26 Å². The van der Waals surface area contributed by atoms with Crippen molar-refractivity contribution < 1.29 is 8.42 Å². The zero-order chi connectivity index (χ0) is 15.3. The molecule has 0 fully saturated rings. The number of pyridine rings is 1. The van der Waals surface area contributed by atoms with Gasteiger partial charge in [0.1, 0.15) is 5.15 Å². The molecule has 2 rings (SSSR count). The quantitative estimate of drug-likeness (QED) is 0.654. The molecule has 0 aliphatic carbocycles. The lowest BCUT2D eigenvalue weighted by molar-refractivity contribution is 0.577. The Morgan fingerprint density at radius 2 is 2.05 bits per heavy atom. The highest BCUT2D eigenvalue weighted by molar-refractivity contribution is 7.89. The zero-order valence-electron chi connectivity index (χ0n) is 11.2. The summed E-state index contributed by atoms with van der Waals surface area (Å²) in [5.41, 5.74) is 0.649. The van der Waals surface area contributed by atoms with Crippen molar-refractivity contribution in [3.8, 4) is 6.07 Å². The van der Waals surface area contributed by atoms with Gasteiger partial charge in [0.05, 0.1) is 16.5 Å². The summed E-state index contributed by atoms with van der Waals surface area (Å²) < 4.78 is 26.8. The molecular formula is C14H14ClN3O2S. The minimum Gasteiger partial charge on any atom is -0.236 e. The lowest BCUT2D eigenvalue weighted by atomic mass is 10.2. The second kappa shape index (κ2) is 6.85. The van der Waals surface area contributed by atoms with Crippen molar-refractivity contribution in [2.75, 3.05) is 6.54 Å². The summed E-state index contributed by atoms with van der Waals surface area (Å²) in [6.07, 6.45) is 1.75. The maximum Gasteiger partial charge on any atom is 0.240 e. The first-order chi connectivity index (χ1) is 10.0. The largest absolute Gasteiger partial charge is 0.240 e. The fourth-order valence-corrected chi connectivity index (χ4v) is 3.13. The molecule has 0 amide bonds. The molecule has 5 nitrogen and oxygen atoms in total. The molecule has 1 N–H and O–H groups in total. The predicted molar refractivity (Wildman–Crippen MR) is 81.4 cm³/mol. The van der Waals surface area contributed by atoms with E-state index in [4.69, 9.17) is 16.9 Å². The van der Waals surface area contributed by atoms with E-state index in [2.05, 4.69) is 9.71 Å². The maximum absolute atomic E-state index is 12.2. The maximum atomic E-state index is 12.2. The van der Waals surface area contributed by atoms with Crippen LogP contribution in [0.3, 0.4) is 0 Å². The number of halogens is 1. The molecule has 0 unspecified atom stereocenters. The Morgan fingerprint density at radius 1 is 1.24 bits per heavy atom. The number of nitrogens with zero attached hydrogens (tertiary/aromatic N) is 2. The standard InChI is InChI=1S/C14H14ClN3O2S/c15-14-7-4-11-10-12(5-6-13(11)18-14)21(19,20)17-9-3-1-2-8-16/h4-7,10,17H,1-3,9H2. The Morgan fingerprint density at radius 3 is 2.81 bits per heavy atom. The molecule has 7 heteroatoms. The summed E-state index contributed by atoms with van der Waals surface area (Å²) in [4.78, 5) is 4.31. The third kappa shape index (κ3) is 4.14. The number of fused-ring (bicyclic) bond motifs is 1. The van der Waals surface area contributed by atoms with Gasteiger partial charge in [-0.05, 0) is 43.2 Å². The van der Waals surface area contributed by atoms with Crippen molar-refractivity contribution in [2.45, 2.75) is 24.2 Å². The van der Waals surface area contributed by atoms with Gasteiger partial charge in [0.2, 0.25) is 10.0 Å². The predicted octanol–water partition coefficient (Wildman–Crippen LogP) is 2.86. The molecular weight excluding hydrogens is 310 g/mol. The highest BCUT2D eigenvalue weighted by Crippen LogP contribution is 2.19. The monoisotopic (exact) mass is 323 g/mol. The van der Waals surface area contributed by atoms with E-state index < -0.39 is 10.0 Å². The molecule has 2 aromatic rings. The summed E-state index contributed by atoms with van der Waals surface area (Å²) in [6, 6.07) is 10.1. The first-order valence-electron chi connectivity index (χ1n) is 6.46. The van der Waals surface area contributed by atoms with Gasteiger partial charge in [-0.3, -0.25) is 0 Å². The number of nitrogens with one attached hydrogen (secondary N) is 1. The average molecular weight is 324 g/mol. The Hall–Kier alpha value is -1.68. The van der Waals surface area contributed by atoms with Crippen LogP contribution in [0, 0.1) is 11.3 Å². The highest BCUT2D eigenvalue weighted by atomic mass is 35.5. The van der Waals surface area contributed by atoms with Gasteiger partial charge in [0, 0.05) is 18.4 Å². The number of unbranched alkanes of at least 4 members (excludes halogenated alkanes) is 2. The van der Waals surface area contributed by atoms with E-state index in [1.807, 2.05) is 6.07 Å². The van der Waals surface area contributed by atoms with E-state index in [-0.39, 0.29) is 4.90 Å². The third-order valence-electron chi connectivity index (χ3n) is 2.94. The minimum absolute atomic E-state index is 0.194. The molecule has 0 aliphatic rings. The number of rotatable bonds is 6. The van der Waals surface area contributed by atoms with Crippen molar-refractivity contribution in [3.63, 3.8) is 0 Å². The summed E-state index contributed by atoms with van der Waals surface area (Å²) >= 11 is 5.79. The SMILES string of the molecule is N#CCCCCNS(=O)(=O)c1ccc2nc(Cl)ccc2c1. The molecule has 21 heavy (non-hydrogen) atoms. The third-order valence-corrected chi connectivity index (χ3v) is 4.61. The van der Waals surface area contributed by atoms with Gasteiger partial charge in [-0.25, -0.2) is 18.1 Å². The Bertz CT molecular complexity index is 784. The van der Waals surface area contributed by atoms with Gasteiger partial charge in [0.15, 0.2) is 0 Å². The number of nitriles is 1. The number of hydrogen-bond acceptors (Lipinski definition) is 4. The van der Waals surface area contributed by atoms with Crippen LogP contribution in [0.15, 0.2) is 35.2 Å². The van der Waals surface area contributed by atoms with Crippen molar-refractivity contribution in [2.24, 2.45) is 0 Å². The van der Waals surface area contributed by atoms with Gasteiger partial charge in [0.25, 0.3) is 0 Å². The van der Waals surface area contributed by atoms with Crippen LogP contribution in [-0.4, -0.2) is 19.9 Å². The van der Waals surface area contributed by atoms with Crippen molar-refractivity contribution in [1.82, 2.24) is 9.71 Å². The van der Waals surface area contributed by atoms with Crippen LogP contribution >= 0.6 is 11.6 Å². The number of aromatic nitrogens is 1. The molecule has 0 spiro atoms. The summed E-state index contributed by atoms with van der Waals surface area (Å²) in [6.45, 7) is 0.320. The molecule has 0 saturated carbocycles. The van der Waals surface area contributed by atoms with Gasteiger partial charge in [-0.15, -0.1) is 0 Å². The Balaban J connectivity index is 2.13. The lowest BCUT2D eigenvalue weighted by Crippen LogP contribution is -2.24. The van der Waals surface area contributed by atoms with E-state index in [9.17, 15) is 8.42 Å². The van der Waals surface area contributed by atoms with Gasteiger partial charge in [-0.2, -0.15) is 5.26 Å². The summed E-state index contributed by atoms with van der Waals surface area (Å²) in [5.74, 6) is 0. The molecule has 1 aromatic heterocycles.